The fourth-order valence-electron chi connectivity index (χ4n) is 1.95. The van der Waals surface area contributed by atoms with E-state index in [9.17, 15) is 9.59 Å². The van der Waals surface area contributed by atoms with E-state index in [0.717, 1.165) is 0 Å². The lowest BCUT2D eigenvalue weighted by Gasteiger charge is -2.09. The number of hydrazine groups is 1. The Hall–Kier alpha value is -2.24. The number of nitrogens with one attached hydrogen (secondary N) is 2. The number of halogens is 2. The maximum atomic E-state index is 12.0. The third kappa shape index (κ3) is 5.15. The standard InChI is InChI=1S/C17H16Cl2N2O3/c1-2-24-14-7-4-11(5-8-14)17(23)21-20-16(22)9-12-3-6-13(18)10-15(12)19/h3-8,10H,2,9H2,1H3,(H,20,22)(H,21,23). The van der Waals surface area contributed by atoms with E-state index in [-0.39, 0.29) is 6.42 Å². The molecule has 0 spiro atoms. The molecule has 24 heavy (non-hydrogen) atoms. The summed E-state index contributed by atoms with van der Waals surface area (Å²) in [6.07, 6.45) is 0.0273. The zero-order valence-corrected chi connectivity index (χ0v) is 14.4. The molecule has 7 heteroatoms. The number of carbonyl (C=O) groups is 2. The molecular weight excluding hydrogens is 351 g/mol. The molecule has 0 aromatic heterocycles. The molecule has 0 saturated heterocycles. The molecule has 126 valence electrons. The van der Waals surface area contributed by atoms with Crippen molar-refractivity contribution in [3.05, 3.63) is 63.6 Å². The quantitative estimate of drug-likeness (QED) is 0.796. The molecule has 0 fully saturated rings. The molecule has 0 aliphatic rings. The van der Waals surface area contributed by atoms with Crippen molar-refractivity contribution in [3.63, 3.8) is 0 Å². The average Bonchev–Trinajstić information content (AvgIpc) is 2.56. The molecule has 2 amide bonds. The first-order valence-corrected chi connectivity index (χ1v) is 8.01. The predicted molar refractivity (Wildman–Crippen MR) is 93.4 cm³/mol. The van der Waals surface area contributed by atoms with Gasteiger partial charge in [0.05, 0.1) is 13.0 Å². The third-order valence-corrected chi connectivity index (χ3v) is 3.70. The first-order chi connectivity index (χ1) is 11.5. The summed E-state index contributed by atoms with van der Waals surface area (Å²) in [4.78, 5) is 23.9. The van der Waals surface area contributed by atoms with E-state index in [0.29, 0.717) is 33.5 Å². The summed E-state index contributed by atoms with van der Waals surface area (Å²) >= 11 is 11.8. The number of benzene rings is 2. The van der Waals surface area contributed by atoms with Crippen LogP contribution in [0.1, 0.15) is 22.8 Å². The van der Waals surface area contributed by atoms with Gasteiger partial charge in [0, 0.05) is 15.6 Å². The summed E-state index contributed by atoms with van der Waals surface area (Å²) < 4.78 is 5.30. The van der Waals surface area contributed by atoms with Crippen LogP contribution < -0.4 is 15.6 Å². The second-order valence-electron chi connectivity index (χ2n) is 4.87. The summed E-state index contributed by atoms with van der Waals surface area (Å²) in [5.74, 6) is -0.137. The molecule has 5 nitrogen and oxygen atoms in total. The molecule has 2 rings (SSSR count). The molecular formula is C17H16Cl2N2O3. The van der Waals surface area contributed by atoms with Crippen LogP contribution in [0.4, 0.5) is 0 Å². The summed E-state index contributed by atoms with van der Waals surface area (Å²) in [5, 5.41) is 0.892. The SMILES string of the molecule is CCOc1ccc(C(=O)NNC(=O)Cc2ccc(Cl)cc2Cl)cc1. The van der Waals surface area contributed by atoms with E-state index in [1.807, 2.05) is 6.92 Å². The lowest BCUT2D eigenvalue weighted by Crippen LogP contribution is -2.42. The Kier molecular flexibility index (Phi) is 6.46. The lowest BCUT2D eigenvalue weighted by molar-refractivity contribution is -0.121. The van der Waals surface area contributed by atoms with Crippen molar-refractivity contribution in [1.82, 2.24) is 10.9 Å². The van der Waals surface area contributed by atoms with Crippen molar-refractivity contribution in [2.45, 2.75) is 13.3 Å². The highest BCUT2D eigenvalue weighted by molar-refractivity contribution is 6.35. The van der Waals surface area contributed by atoms with Gasteiger partial charge in [0.15, 0.2) is 0 Å². The predicted octanol–water partition coefficient (Wildman–Crippen LogP) is 3.40. The number of carbonyl (C=O) groups excluding carboxylic acids is 2. The Bertz CT molecular complexity index is 733. The minimum absolute atomic E-state index is 0.0273. The van der Waals surface area contributed by atoms with Crippen molar-refractivity contribution in [2.24, 2.45) is 0 Å². The largest absolute Gasteiger partial charge is 0.494 e. The highest BCUT2D eigenvalue weighted by atomic mass is 35.5. The monoisotopic (exact) mass is 366 g/mol. The van der Waals surface area contributed by atoms with Crippen molar-refractivity contribution in [2.75, 3.05) is 6.61 Å². The molecule has 0 heterocycles. The first kappa shape index (κ1) is 18.1. The zero-order chi connectivity index (χ0) is 17.5. The maximum absolute atomic E-state index is 12.0. The molecule has 0 unspecified atom stereocenters. The minimum atomic E-state index is -0.423. The van der Waals surface area contributed by atoms with E-state index in [1.165, 1.54) is 0 Å². The fraction of sp³-hybridized carbons (Fsp3) is 0.176. The van der Waals surface area contributed by atoms with Gasteiger partial charge in [0.2, 0.25) is 5.91 Å². The number of ether oxygens (including phenoxy) is 1. The van der Waals surface area contributed by atoms with Crippen molar-refractivity contribution in [1.29, 1.82) is 0 Å². The van der Waals surface area contributed by atoms with E-state index >= 15 is 0 Å². The van der Waals surface area contributed by atoms with Crippen LogP contribution in [0.25, 0.3) is 0 Å². The molecule has 0 radical (unpaired) electrons. The normalized spacial score (nSPS) is 10.1. The van der Waals surface area contributed by atoms with Gasteiger partial charge >= 0.3 is 0 Å². The summed E-state index contributed by atoms with van der Waals surface area (Å²) in [6.45, 7) is 2.43. The van der Waals surface area contributed by atoms with Crippen LogP contribution in [0.3, 0.4) is 0 Å². The van der Waals surface area contributed by atoms with Crippen molar-refractivity contribution < 1.29 is 14.3 Å². The van der Waals surface area contributed by atoms with E-state index in [2.05, 4.69) is 10.9 Å². The topological polar surface area (TPSA) is 67.4 Å². The first-order valence-electron chi connectivity index (χ1n) is 7.25. The second-order valence-corrected chi connectivity index (χ2v) is 5.72. The molecule has 0 bridgehead atoms. The third-order valence-electron chi connectivity index (χ3n) is 3.11. The van der Waals surface area contributed by atoms with Gasteiger partial charge in [-0.1, -0.05) is 29.3 Å². The highest BCUT2D eigenvalue weighted by Crippen LogP contribution is 2.21. The highest BCUT2D eigenvalue weighted by Gasteiger charge is 2.10. The lowest BCUT2D eigenvalue weighted by atomic mass is 10.1. The van der Waals surface area contributed by atoms with Crippen molar-refractivity contribution >= 4 is 35.0 Å². The molecule has 0 aliphatic heterocycles. The van der Waals surface area contributed by atoms with Gasteiger partial charge in [-0.25, -0.2) is 0 Å². The van der Waals surface area contributed by atoms with E-state index in [1.54, 1.807) is 42.5 Å². The Morgan fingerprint density at radius 1 is 1.04 bits per heavy atom. The summed E-state index contributed by atoms with van der Waals surface area (Å²) in [6, 6.07) is 11.5. The summed E-state index contributed by atoms with van der Waals surface area (Å²) in [5.41, 5.74) is 5.73. The Morgan fingerprint density at radius 3 is 2.38 bits per heavy atom. The molecule has 0 atom stereocenters. The maximum Gasteiger partial charge on any atom is 0.269 e. The van der Waals surface area contributed by atoms with Crippen LogP contribution >= 0.6 is 23.2 Å². The van der Waals surface area contributed by atoms with Gasteiger partial charge < -0.3 is 4.74 Å². The van der Waals surface area contributed by atoms with Crippen molar-refractivity contribution in [3.8, 4) is 5.75 Å². The second kappa shape index (κ2) is 8.57. The smallest absolute Gasteiger partial charge is 0.269 e. The van der Waals surface area contributed by atoms with Gasteiger partial charge in [-0.15, -0.1) is 0 Å². The molecule has 2 N–H and O–H groups in total. The Morgan fingerprint density at radius 2 is 1.75 bits per heavy atom. The number of hydrogen-bond acceptors (Lipinski definition) is 3. The molecule has 0 saturated carbocycles. The Labute approximate surface area is 149 Å². The van der Waals surface area contributed by atoms with Crippen LogP contribution in [-0.2, 0) is 11.2 Å². The minimum Gasteiger partial charge on any atom is -0.494 e. The van der Waals surface area contributed by atoms with Gasteiger partial charge in [0.25, 0.3) is 5.91 Å². The van der Waals surface area contributed by atoms with Crippen LogP contribution in [0, 0.1) is 0 Å². The van der Waals surface area contributed by atoms with Gasteiger partial charge in [-0.2, -0.15) is 0 Å². The fourth-order valence-corrected chi connectivity index (χ4v) is 2.43. The van der Waals surface area contributed by atoms with Gasteiger partial charge in [-0.3, -0.25) is 20.4 Å². The number of rotatable bonds is 5. The van der Waals surface area contributed by atoms with E-state index in [4.69, 9.17) is 27.9 Å². The van der Waals surface area contributed by atoms with E-state index < -0.39 is 11.8 Å². The molecule has 2 aromatic rings. The van der Waals surface area contributed by atoms with Crippen LogP contribution in [-0.4, -0.2) is 18.4 Å². The Balaban J connectivity index is 1.87. The zero-order valence-electron chi connectivity index (χ0n) is 12.9. The number of hydrogen-bond donors (Lipinski definition) is 2. The van der Waals surface area contributed by atoms with Crippen LogP contribution in [0.5, 0.6) is 5.75 Å². The van der Waals surface area contributed by atoms with Crippen LogP contribution in [0.2, 0.25) is 10.0 Å². The average molecular weight is 367 g/mol. The molecule has 0 aliphatic carbocycles. The van der Waals surface area contributed by atoms with Gasteiger partial charge in [-0.05, 0) is 48.9 Å². The van der Waals surface area contributed by atoms with Gasteiger partial charge in [0.1, 0.15) is 5.75 Å². The number of amides is 2. The molecule has 2 aromatic carbocycles. The summed E-state index contributed by atoms with van der Waals surface area (Å²) in [7, 11) is 0. The van der Waals surface area contributed by atoms with Crippen LogP contribution in [0.15, 0.2) is 42.5 Å².